The molecule has 0 aromatic rings. The van der Waals surface area contributed by atoms with Crippen LogP contribution < -0.4 is 0 Å². The highest BCUT2D eigenvalue weighted by Gasteiger charge is 2.27. The molecule has 1 aliphatic heterocycles. The molecule has 1 rings (SSSR count). The first-order valence-corrected chi connectivity index (χ1v) is 5.30. The maximum atomic E-state index is 11.2. The Morgan fingerprint density at radius 3 is 2.93 bits per heavy atom. The SMILES string of the molecule is O=C1CCCCC(C(CO)OCCO)O1. The fraction of sp³-hybridized carbons (Fsp3) is 0.900. The molecule has 0 aromatic heterocycles. The van der Waals surface area contributed by atoms with Gasteiger partial charge in [-0.1, -0.05) is 0 Å². The standard InChI is InChI=1S/C10H18O5/c11-5-6-14-9(7-12)8-3-1-2-4-10(13)15-8/h8-9,11-12H,1-7H2. The van der Waals surface area contributed by atoms with E-state index in [0.717, 1.165) is 12.8 Å². The van der Waals surface area contributed by atoms with Gasteiger partial charge < -0.3 is 19.7 Å². The van der Waals surface area contributed by atoms with E-state index in [-0.39, 0.29) is 31.9 Å². The second-order valence-corrected chi connectivity index (χ2v) is 3.59. The van der Waals surface area contributed by atoms with Crippen LogP contribution in [0, 0.1) is 0 Å². The summed E-state index contributed by atoms with van der Waals surface area (Å²) in [5.41, 5.74) is 0. The van der Waals surface area contributed by atoms with Gasteiger partial charge in [0.15, 0.2) is 0 Å². The zero-order valence-corrected chi connectivity index (χ0v) is 8.72. The highest BCUT2D eigenvalue weighted by atomic mass is 16.6. The Balaban J connectivity index is 2.45. The number of carbonyl (C=O) groups excluding carboxylic acids is 1. The van der Waals surface area contributed by atoms with Crippen LogP contribution in [-0.2, 0) is 14.3 Å². The molecular formula is C10H18O5. The van der Waals surface area contributed by atoms with Crippen molar-refractivity contribution in [3.05, 3.63) is 0 Å². The summed E-state index contributed by atoms with van der Waals surface area (Å²) in [5.74, 6) is -0.233. The van der Waals surface area contributed by atoms with Gasteiger partial charge in [-0.3, -0.25) is 4.79 Å². The largest absolute Gasteiger partial charge is 0.459 e. The number of carbonyl (C=O) groups is 1. The molecule has 0 saturated carbocycles. The maximum absolute atomic E-state index is 11.2. The van der Waals surface area contributed by atoms with Gasteiger partial charge in [-0.05, 0) is 19.3 Å². The minimum absolute atomic E-state index is 0.100. The minimum Gasteiger partial charge on any atom is -0.459 e. The molecule has 1 heterocycles. The lowest BCUT2D eigenvalue weighted by molar-refractivity contribution is -0.159. The van der Waals surface area contributed by atoms with Gasteiger partial charge in [0.2, 0.25) is 0 Å². The second kappa shape index (κ2) is 6.76. The molecule has 15 heavy (non-hydrogen) atoms. The smallest absolute Gasteiger partial charge is 0.306 e. The number of esters is 1. The molecule has 1 saturated heterocycles. The van der Waals surface area contributed by atoms with E-state index in [1.54, 1.807) is 0 Å². The quantitative estimate of drug-likeness (QED) is 0.627. The van der Waals surface area contributed by atoms with Gasteiger partial charge in [0.25, 0.3) is 0 Å². The number of aliphatic hydroxyl groups is 2. The third-order valence-electron chi connectivity index (χ3n) is 2.42. The van der Waals surface area contributed by atoms with Crippen LogP contribution in [-0.4, -0.2) is 48.2 Å². The third-order valence-corrected chi connectivity index (χ3v) is 2.42. The fourth-order valence-electron chi connectivity index (χ4n) is 1.65. The summed E-state index contributed by atoms with van der Waals surface area (Å²) in [4.78, 5) is 11.2. The zero-order chi connectivity index (χ0) is 11.1. The second-order valence-electron chi connectivity index (χ2n) is 3.59. The molecular weight excluding hydrogens is 200 g/mol. The van der Waals surface area contributed by atoms with Crippen molar-refractivity contribution in [2.75, 3.05) is 19.8 Å². The predicted octanol–water partition coefficient (Wildman–Crippen LogP) is -0.158. The molecule has 0 bridgehead atoms. The van der Waals surface area contributed by atoms with Crippen LogP contribution in [0.4, 0.5) is 0 Å². The van der Waals surface area contributed by atoms with Crippen LogP contribution in [0.25, 0.3) is 0 Å². The molecule has 2 atom stereocenters. The predicted molar refractivity (Wildman–Crippen MR) is 52.3 cm³/mol. The lowest BCUT2D eigenvalue weighted by Crippen LogP contribution is -2.36. The maximum Gasteiger partial charge on any atom is 0.306 e. The van der Waals surface area contributed by atoms with E-state index >= 15 is 0 Å². The molecule has 88 valence electrons. The Bertz CT molecular complexity index is 194. The first-order chi connectivity index (χ1) is 7.27. The Morgan fingerprint density at radius 1 is 1.47 bits per heavy atom. The average molecular weight is 218 g/mol. The average Bonchev–Trinajstić information content (AvgIpc) is 2.44. The number of hydrogen-bond acceptors (Lipinski definition) is 5. The fourth-order valence-corrected chi connectivity index (χ4v) is 1.65. The van der Waals surface area contributed by atoms with Gasteiger partial charge in [0, 0.05) is 6.42 Å². The summed E-state index contributed by atoms with van der Waals surface area (Å²) in [5, 5.41) is 17.7. The Morgan fingerprint density at radius 2 is 2.27 bits per heavy atom. The summed E-state index contributed by atoms with van der Waals surface area (Å²) in [6.45, 7) is -0.144. The molecule has 1 fully saturated rings. The van der Waals surface area contributed by atoms with Crippen molar-refractivity contribution in [3.8, 4) is 0 Å². The van der Waals surface area contributed by atoms with E-state index in [1.807, 2.05) is 0 Å². The molecule has 0 aromatic carbocycles. The van der Waals surface area contributed by atoms with Crippen LogP contribution in [0.3, 0.4) is 0 Å². The molecule has 1 aliphatic rings. The van der Waals surface area contributed by atoms with Crippen molar-refractivity contribution >= 4 is 5.97 Å². The molecule has 0 spiro atoms. The molecule has 2 N–H and O–H groups in total. The van der Waals surface area contributed by atoms with Crippen LogP contribution in [0.2, 0.25) is 0 Å². The number of ether oxygens (including phenoxy) is 2. The van der Waals surface area contributed by atoms with E-state index in [1.165, 1.54) is 0 Å². The molecule has 5 heteroatoms. The first-order valence-electron chi connectivity index (χ1n) is 5.30. The van der Waals surface area contributed by atoms with Gasteiger partial charge in [0.05, 0.1) is 19.8 Å². The number of rotatable bonds is 5. The number of hydrogen-bond donors (Lipinski definition) is 2. The number of cyclic esters (lactones) is 1. The van der Waals surface area contributed by atoms with Gasteiger partial charge in [0.1, 0.15) is 12.2 Å². The van der Waals surface area contributed by atoms with Crippen LogP contribution in [0.1, 0.15) is 25.7 Å². The molecule has 0 radical (unpaired) electrons. The molecule has 0 aliphatic carbocycles. The highest BCUT2D eigenvalue weighted by Crippen LogP contribution is 2.18. The van der Waals surface area contributed by atoms with E-state index in [0.29, 0.717) is 12.8 Å². The summed E-state index contributed by atoms with van der Waals surface area (Å²) in [6.07, 6.45) is 1.98. The van der Waals surface area contributed by atoms with E-state index in [4.69, 9.17) is 19.7 Å². The van der Waals surface area contributed by atoms with Gasteiger partial charge >= 0.3 is 5.97 Å². The van der Waals surface area contributed by atoms with Crippen LogP contribution >= 0.6 is 0 Å². The lowest BCUT2D eigenvalue weighted by atomic mass is 10.1. The summed E-state index contributed by atoms with van der Waals surface area (Å²) in [7, 11) is 0. The van der Waals surface area contributed by atoms with Gasteiger partial charge in [-0.25, -0.2) is 0 Å². The Hall–Kier alpha value is -0.650. The number of aliphatic hydroxyl groups excluding tert-OH is 2. The first kappa shape index (κ1) is 12.4. The Labute approximate surface area is 89.0 Å². The van der Waals surface area contributed by atoms with Crippen molar-refractivity contribution in [2.45, 2.75) is 37.9 Å². The summed E-state index contributed by atoms with van der Waals surface area (Å²) in [6, 6.07) is 0. The third kappa shape index (κ3) is 4.15. The molecule has 0 amide bonds. The van der Waals surface area contributed by atoms with Crippen molar-refractivity contribution in [2.24, 2.45) is 0 Å². The molecule has 5 nitrogen and oxygen atoms in total. The van der Waals surface area contributed by atoms with Crippen molar-refractivity contribution in [1.82, 2.24) is 0 Å². The van der Waals surface area contributed by atoms with E-state index in [9.17, 15) is 4.79 Å². The minimum atomic E-state index is -0.515. The normalized spacial score (nSPS) is 24.4. The summed E-state index contributed by atoms with van der Waals surface area (Å²) >= 11 is 0. The van der Waals surface area contributed by atoms with Gasteiger partial charge in [-0.2, -0.15) is 0 Å². The van der Waals surface area contributed by atoms with Crippen molar-refractivity contribution in [3.63, 3.8) is 0 Å². The highest BCUT2D eigenvalue weighted by molar-refractivity contribution is 5.69. The van der Waals surface area contributed by atoms with Crippen LogP contribution in [0.5, 0.6) is 0 Å². The van der Waals surface area contributed by atoms with E-state index < -0.39 is 6.10 Å². The van der Waals surface area contributed by atoms with Crippen molar-refractivity contribution in [1.29, 1.82) is 0 Å². The monoisotopic (exact) mass is 218 g/mol. The zero-order valence-electron chi connectivity index (χ0n) is 8.72. The van der Waals surface area contributed by atoms with Gasteiger partial charge in [-0.15, -0.1) is 0 Å². The van der Waals surface area contributed by atoms with Crippen molar-refractivity contribution < 1.29 is 24.5 Å². The molecule has 2 unspecified atom stereocenters. The Kier molecular flexibility index (Phi) is 5.60. The summed E-state index contributed by atoms with van der Waals surface area (Å²) < 4.78 is 10.4. The topological polar surface area (TPSA) is 76.0 Å². The van der Waals surface area contributed by atoms with Crippen LogP contribution in [0.15, 0.2) is 0 Å². The van der Waals surface area contributed by atoms with E-state index in [2.05, 4.69) is 0 Å². The lowest BCUT2D eigenvalue weighted by Gasteiger charge is -2.23.